The molecule has 27 heavy (non-hydrogen) atoms. The first-order valence-corrected chi connectivity index (χ1v) is 9.22. The van der Waals surface area contributed by atoms with Crippen molar-refractivity contribution in [1.29, 1.82) is 0 Å². The predicted octanol–water partition coefficient (Wildman–Crippen LogP) is 0.748. The maximum atomic E-state index is 12.4. The highest BCUT2D eigenvalue weighted by Crippen LogP contribution is 2.27. The van der Waals surface area contributed by atoms with Gasteiger partial charge in [-0.25, -0.2) is 12.7 Å². The number of carbonyl (C=O) groups excluding carboxylic acids is 2. The van der Waals surface area contributed by atoms with Crippen molar-refractivity contribution >= 4 is 27.9 Å². The van der Waals surface area contributed by atoms with Gasteiger partial charge in [-0.3, -0.25) is 20.4 Å². The first-order valence-electron chi connectivity index (χ1n) is 7.78. The predicted molar refractivity (Wildman–Crippen MR) is 99.3 cm³/mol. The van der Waals surface area contributed by atoms with Crippen LogP contribution in [0.3, 0.4) is 0 Å². The number of carbonyl (C=O) groups is 2. The molecule has 0 aliphatic rings. The third kappa shape index (κ3) is 4.96. The zero-order chi connectivity index (χ0) is 20.0. The summed E-state index contributed by atoms with van der Waals surface area (Å²) >= 11 is 0. The van der Waals surface area contributed by atoms with Crippen LogP contribution < -0.4 is 15.6 Å². The quantitative estimate of drug-likeness (QED) is 0.495. The summed E-state index contributed by atoms with van der Waals surface area (Å²) in [5.74, 6) is -0.878. The monoisotopic (exact) mass is 392 g/mol. The van der Waals surface area contributed by atoms with Gasteiger partial charge in [0.15, 0.2) is 0 Å². The minimum Gasteiger partial charge on any atom is -0.495 e. The Morgan fingerprint density at radius 2 is 1.93 bits per heavy atom. The standard InChI is InChI=1S/C17H20N4O5S/c1-21(2)27(24,25)15-11-12(6-8-14(15)26-3)7-9-16(22)19-20-17(23)13-5-4-10-18-13/h4-11,18H,1-3H3,(H,19,22)(H,20,23)/b9-7+. The lowest BCUT2D eigenvalue weighted by Gasteiger charge is -2.15. The summed E-state index contributed by atoms with van der Waals surface area (Å²) in [4.78, 5) is 26.2. The smallest absolute Gasteiger partial charge is 0.286 e. The third-order valence-electron chi connectivity index (χ3n) is 3.52. The maximum Gasteiger partial charge on any atom is 0.286 e. The van der Waals surface area contributed by atoms with E-state index < -0.39 is 21.8 Å². The topological polar surface area (TPSA) is 121 Å². The molecule has 3 N–H and O–H groups in total. The number of nitrogens with zero attached hydrogens (tertiary/aromatic N) is 1. The molecule has 1 aromatic heterocycles. The molecule has 9 nitrogen and oxygen atoms in total. The number of hydrogen-bond donors (Lipinski definition) is 3. The van der Waals surface area contributed by atoms with E-state index in [4.69, 9.17) is 4.74 Å². The average molecular weight is 392 g/mol. The largest absolute Gasteiger partial charge is 0.495 e. The first kappa shape index (κ1) is 20.2. The Bertz CT molecular complexity index is 950. The molecule has 1 aromatic carbocycles. The van der Waals surface area contributed by atoms with E-state index >= 15 is 0 Å². The van der Waals surface area contributed by atoms with Crippen molar-refractivity contribution in [3.05, 3.63) is 53.9 Å². The number of hydrogen-bond acceptors (Lipinski definition) is 5. The van der Waals surface area contributed by atoms with Gasteiger partial charge in [0.2, 0.25) is 10.0 Å². The number of H-pyrrole nitrogens is 1. The molecule has 0 bridgehead atoms. The van der Waals surface area contributed by atoms with Crippen LogP contribution in [-0.4, -0.2) is 50.7 Å². The highest BCUT2D eigenvalue weighted by atomic mass is 32.2. The van der Waals surface area contributed by atoms with E-state index in [1.54, 1.807) is 24.4 Å². The molecule has 1 heterocycles. The molecule has 10 heteroatoms. The first-order chi connectivity index (χ1) is 12.8. The Morgan fingerprint density at radius 3 is 2.52 bits per heavy atom. The third-order valence-corrected chi connectivity index (χ3v) is 5.35. The van der Waals surface area contributed by atoms with Crippen LogP contribution in [0.5, 0.6) is 5.75 Å². The molecule has 0 fully saturated rings. The number of nitrogens with one attached hydrogen (secondary N) is 3. The summed E-state index contributed by atoms with van der Waals surface area (Å²) in [6, 6.07) is 7.71. The normalized spacial score (nSPS) is 11.6. The van der Waals surface area contributed by atoms with E-state index in [0.29, 0.717) is 11.3 Å². The molecule has 0 aliphatic heterocycles. The molecular formula is C17H20N4O5S. The molecular weight excluding hydrogens is 372 g/mol. The van der Waals surface area contributed by atoms with Crippen molar-refractivity contribution in [1.82, 2.24) is 20.1 Å². The summed E-state index contributed by atoms with van der Waals surface area (Å²) in [6.45, 7) is 0. The van der Waals surface area contributed by atoms with E-state index in [2.05, 4.69) is 15.8 Å². The molecule has 0 radical (unpaired) electrons. The molecule has 0 unspecified atom stereocenters. The number of aromatic nitrogens is 1. The van der Waals surface area contributed by atoms with Crippen LogP contribution >= 0.6 is 0 Å². The summed E-state index contributed by atoms with van der Waals surface area (Å²) < 4.78 is 30.9. The molecule has 2 aromatic rings. The van der Waals surface area contributed by atoms with Gasteiger partial charge in [0.1, 0.15) is 16.3 Å². The molecule has 0 spiro atoms. The fourth-order valence-electron chi connectivity index (χ4n) is 2.07. The fourth-order valence-corrected chi connectivity index (χ4v) is 3.15. The van der Waals surface area contributed by atoms with Crippen molar-refractivity contribution in [2.75, 3.05) is 21.2 Å². The summed E-state index contributed by atoms with van der Waals surface area (Å²) in [7, 11) is 0.489. The summed E-state index contributed by atoms with van der Waals surface area (Å²) in [5.41, 5.74) is 5.25. The average Bonchev–Trinajstić information content (AvgIpc) is 3.18. The molecule has 2 rings (SSSR count). The van der Waals surface area contributed by atoms with Gasteiger partial charge in [0, 0.05) is 26.4 Å². The number of aromatic amines is 1. The number of sulfonamides is 1. The number of hydrazine groups is 1. The van der Waals surface area contributed by atoms with Crippen LogP contribution in [0, 0.1) is 0 Å². The number of benzene rings is 1. The summed E-state index contributed by atoms with van der Waals surface area (Å²) in [5, 5.41) is 0. The number of amides is 2. The zero-order valence-corrected chi connectivity index (χ0v) is 15.8. The second kappa shape index (κ2) is 8.52. The highest BCUT2D eigenvalue weighted by Gasteiger charge is 2.22. The fraction of sp³-hybridized carbons (Fsp3) is 0.176. The van der Waals surface area contributed by atoms with Crippen LogP contribution in [0.1, 0.15) is 16.1 Å². The Balaban J connectivity index is 2.10. The Labute approximate surface area is 157 Å². The van der Waals surface area contributed by atoms with Gasteiger partial charge in [-0.1, -0.05) is 6.07 Å². The highest BCUT2D eigenvalue weighted by molar-refractivity contribution is 7.89. The molecule has 0 saturated carbocycles. The SMILES string of the molecule is COc1ccc(/C=C/C(=O)NNC(=O)c2ccc[nH]2)cc1S(=O)(=O)N(C)C. The molecule has 0 atom stereocenters. The lowest BCUT2D eigenvalue weighted by atomic mass is 10.2. The minimum absolute atomic E-state index is 0.0161. The van der Waals surface area contributed by atoms with Crippen molar-refractivity contribution < 1.29 is 22.7 Å². The second-order valence-electron chi connectivity index (χ2n) is 5.56. The van der Waals surface area contributed by atoms with E-state index in [-0.39, 0.29) is 10.6 Å². The molecule has 2 amide bonds. The second-order valence-corrected chi connectivity index (χ2v) is 7.68. The molecule has 0 aliphatic carbocycles. The van der Waals surface area contributed by atoms with E-state index in [9.17, 15) is 18.0 Å². The van der Waals surface area contributed by atoms with Crippen LogP contribution in [0.4, 0.5) is 0 Å². The van der Waals surface area contributed by atoms with Gasteiger partial charge in [0.25, 0.3) is 11.8 Å². The van der Waals surface area contributed by atoms with Crippen molar-refractivity contribution in [3.8, 4) is 5.75 Å². The van der Waals surface area contributed by atoms with Gasteiger partial charge in [-0.05, 0) is 35.9 Å². The summed E-state index contributed by atoms with van der Waals surface area (Å²) in [6.07, 6.45) is 4.17. The zero-order valence-electron chi connectivity index (χ0n) is 15.0. The Morgan fingerprint density at radius 1 is 1.19 bits per heavy atom. The van der Waals surface area contributed by atoms with Crippen LogP contribution in [0.15, 0.2) is 47.5 Å². The number of rotatable bonds is 6. The van der Waals surface area contributed by atoms with Crippen molar-refractivity contribution in [2.45, 2.75) is 4.90 Å². The van der Waals surface area contributed by atoms with Crippen LogP contribution in [0.25, 0.3) is 6.08 Å². The van der Waals surface area contributed by atoms with E-state index in [0.717, 1.165) is 4.31 Å². The molecule has 144 valence electrons. The van der Waals surface area contributed by atoms with Crippen molar-refractivity contribution in [3.63, 3.8) is 0 Å². The lowest BCUT2D eigenvalue weighted by molar-refractivity contribution is -0.117. The van der Waals surface area contributed by atoms with Gasteiger partial charge >= 0.3 is 0 Å². The van der Waals surface area contributed by atoms with Crippen LogP contribution in [-0.2, 0) is 14.8 Å². The van der Waals surface area contributed by atoms with Crippen molar-refractivity contribution in [2.24, 2.45) is 0 Å². The number of ether oxygens (including phenoxy) is 1. The number of methoxy groups -OCH3 is 1. The minimum atomic E-state index is -3.71. The van der Waals surface area contributed by atoms with Crippen LogP contribution in [0.2, 0.25) is 0 Å². The van der Waals surface area contributed by atoms with Gasteiger partial charge in [0.05, 0.1) is 7.11 Å². The van der Waals surface area contributed by atoms with E-state index in [1.165, 1.54) is 45.5 Å². The van der Waals surface area contributed by atoms with Gasteiger partial charge < -0.3 is 9.72 Å². The lowest BCUT2D eigenvalue weighted by Crippen LogP contribution is -2.40. The maximum absolute atomic E-state index is 12.4. The van der Waals surface area contributed by atoms with Gasteiger partial charge in [-0.2, -0.15) is 0 Å². The Kier molecular flexibility index (Phi) is 6.37. The Hall–Kier alpha value is -3.11. The molecule has 0 saturated heterocycles. The van der Waals surface area contributed by atoms with Gasteiger partial charge in [-0.15, -0.1) is 0 Å². The van der Waals surface area contributed by atoms with E-state index in [1.807, 2.05) is 0 Å².